The molecule has 0 aliphatic heterocycles. The Balaban J connectivity index is 2.20. The molecule has 0 aliphatic carbocycles. The molecule has 106 valence electrons. The first-order chi connectivity index (χ1) is 9.70. The van der Waals surface area contributed by atoms with Gasteiger partial charge in [-0.05, 0) is 42.6 Å². The van der Waals surface area contributed by atoms with Gasteiger partial charge in [0.15, 0.2) is 0 Å². The summed E-state index contributed by atoms with van der Waals surface area (Å²) in [4.78, 5) is 0. The van der Waals surface area contributed by atoms with Crippen molar-refractivity contribution < 1.29 is 4.39 Å². The van der Waals surface area contributed by atoms with Crippen molar-refractivity contribution in [3.8, 4) is 0 Å². The monoisotopic (exact) mass is 291 g/mol. The predicted molar refractivity (Wildman–Crippen MR) is 82.6 cm³/mol. The molecular formula is C17H19ClFN. The van der Waals surface area contributed by atoms with Gasteiger partial charge in [0.1, 0.15) is 5.82 Å². The van der Waals surface area contributed by atoms with Gasteiger partial charge in [0.2, 0.25) is 0 Å². The molecule has 1 atom stereocenters. The van der Waals surface area contributed by atoms with E-state index in [1.165, 1.54) is 11.6 Å². The first-order valence-electron chi connectivity index (χ1n) is 6.93. The molecule has 1 N–H and O–H groups in total. The SMILES string of the molecule is CCCNC(Cc1ccccc1)c1ccc(F)c(Cl)c1. The van der Waals surface area contributed by atoms with E-state index in [0.717, 1.165) is 24.9 Å². The topological polar surface area (TPSA) is 12.0 Å². The van der Waals surface area contributed by atoms with E-state index >= 15 is 0 Å². The fourth-order valence-corrected chi connectivity index (χ4v) is 2.39. The average molecular weight is 292 g/mol. The van der Waals surface area contributed by atoms with E-state index in [1.807, 2.05) is 18.2 Å². The molecule has 1 nitrogen and oxygen atoms in total. The van der Waals surface area contributed by atoms with Gasteiger partial charge in [-0.2, -0.15) is 0 Å². The first kappa shape index (κ1) is 15.0. The summed E-state index contributed by atoms with van der Waals surface area (Å²) in [5.74, 6) is -0.371. The van der Waals surface area contributed by atoms with E-state index in [-0.39, 0.29) is 16.9 Å². The molecule has 0 amide bonds. The van der Waals surface area contributed by atoms with Crippen LogP contribution in [0.1, 0.15) is 30.5 Å². The lowest BCUT2D eigenvalue weighted by Gasteiger charge is -2.19. The summed E-state index contributed by atoms with van der Waals surface area (Å²) in [5.41, 5.74) is 2.27. The van der Waals surface area contributed by atoms with Gasteiger partial charge in [-0.3, -0.25) is 0 Å². The molecule has 0 aliphatic rings. The summed E-state index contributed by atoms with van der Waals surface area (Å²) in [6.45, 7) is 3.05. The van der Waals surface area contributed by atoms with E-state index in [0.29, 0.717) is 0 Å². The molecular weight excluding hydrogens is 273 g/mol. The van der Waals surface area contributed by atoms with Gasteiger partial charge in [-0.1, -0.05) is 54.9 Å². The van der Waals surface area contributed by atoms with Gasteiger partial charge in [0.05, 0.1) is 5.02 Å². The van der Waals surface area contributed by atoms with Crippen molar-refractivity contribution in [3.05, 3.63) is 70.5 Å². The third-order valence-corrected chi connectivity index (χ3v) is 3.56. The average Bonchev–Trinajstić information content (AvgIpc) is 2.47. The molecule has 0 fully saturated rings. The zero-order valence-electron chi connectivity index (χ0n) is 11.6. The largest absolute Gasteiger partial charge is 0.310 e. The highest BCUT2D eigenvalue weighted by Gasteiger charge is 2.13. The molecule has 20 heavy (non-hydrogen) atoms. The minimum Gasteiger partial charge on any atom is -0.310 e. The van der Waals surface area contributed by atoms with Crippen molar-refractivity contribution >= 4 is 11.6 Å². The molecule has 2 aromatic carbocycles. The Bertz CT molecular complexity index is 542. The van der Waals surface area contributed by atoms with E-state index in [1.54, 1.807) is 12.1 Å². The highest BCUT2D eigenvalue weighted by molar-refractivity contribution is 6.30. The van der Waals surface area contributed by atoms with Crippen LogP contribution in [0.3, 0.4) is 0 Å². The van der Waals surface area contributed by atoms with Crippen LogP contribution in [0.5, 0.6) is 0 Å². The third-order valence-electron chi connectivity index (χ3n) is 3.27. The van der Waals surface area contributed by atoms with Crippen molar-refractivity contribution in [2.24, 2.45) is 0 Å². The van der Waals surface area contributed by atoms with Crippen molar-refractivity contribution in [3.63, 3.8) is 0 Å². The first-order valence-corrected chi connectivity index (χ1v) is 7.30. The van der Waals surface area contributed by atoms with Crippen molar-refractivity contribution in [2.45, 2.75) is 25.8 Å². The van der Waals surface area contributed by atoms with Crippen molar-refractivity contribution in [1.82, 2.24) is 5.32 Å². The van der Waals surface area contributed by atoms with E-state index in [9.17, 15) is 4.39 Å². The zero-order valence-corrected chi connectivity index (χ0v) is 12.3. The maximum atomic E-state index is 13.3. The fraction of sp³-hybridized carbons (Fsp3) is 0.294. The van der Waals surface area contributed by atoms with Gasteiger partial charge in [0, 0.05) is 6.04 Å². The third kappa shape index (κ3) is 4.06. The molecule has 0 saturated heterocycles. The summed E-state index contributed by atoms with van der Waals surface area (Å²) in [6.07, 6.45) is 1.92. The van der Waals surface area contributed by atoms with Crippen molar-refractivity contribution in [2.75, 3.05) is 6.54 Å². The number of benzene rings is 2. The van der Waals surface area contributed by atoms with Crippen LogP contribution < -0.4 is 5.32 Å². The Morgan fingerprint density at radius 3 is 2.55 bits per heavy atom. The number of hydrogen-bond donors (Lipinski definition) is 1. The molecule has 0 heterocycles. The summed E-state index contributed by atoms with van der Waals surface area (Å²) in [7, 11) is 0. The highest BCUT2D eigenvalue weighted by atomic mass is 35.5. The van der Waals surface area contributed by atoms with Crippen LogP contribution in [0.25, 0.3) is 0 Å². The summed E-state index contributed by atoms with van der Waals surface area (Å²) < 4.78 is 13.3. The number of nitrogens with one attached hydrogen (secondary N) is 1. The number of hydrogen-bond acceptors (Lipinski definition) is 1. The predicted octanol–water partition coefficient (Wildman–Crippen LogP) is 4.76. The Labute approximate surface area is 124 Å². The van der Waals surface area contributed by atoms with Crippen LogP contribution in [-0.2, 0) is 6.42 Å². The Hall–Kier alpha value is -1.38. The normalized spacial score (nSPS) is 12.3. The molecule has 3 heteroatoms. The van der Waals surface area contributed by atoms with Gasteiger partial charge < -0.3 is 5.32 Å². The lowest BCUT2D eigenvalue weighted by atomic mass is 9.98. The van der Waals surface area contributed by atoms with Crippen LogP contribution in [0.2, 0.25) is 5.02 Å². The minimum atomic E-state index is -0.371. The smallest absolute Gasteiger partial charge is 0.141 e. The zero-order chi connectivity index (χ0) is 14.4. The standard InChI is InChI=1S/C17H19ClFN/c1-2-10-20-17(11-13-6-4-3-5-7-13)14-8-9-16(19)15(18)12-14/h3-9,12,17,20H,2,10-11H2,1H3. The molecule has 0 spiro atoms. The van der Waals surface area contributed by atoms with Crippen LogP contribution in [0.15, 0.2) is 48.5 Å². The van der Waals surface area contributed by atoms with Crippen LogP contribution in [0, 0.1) is 5.82 Å². The van der Waals surface area contributed by atoms with E-state index in [4.69, 9.17) is 11.6 Å². The Morgan fingerprint density at radius 2 is 1.90 bits per heavy atom. The molecule has 0 bridgehead atoms. The second-order valence-electron chi connectivity index (χ2n) is 4.87. The second-order valence-corrected chi connectivity index (χ2v) is 5.28. The van der Waals surface area contributed by atoms with E-state index < -0.39 is 0 Å². The second kappa shape index (κ2) is 7.41. The fourth-order valence-electron chi connectivity index (χ4n) is 2.21. The van der Waals surface area contributed by atoms with Gasteiger partial charge in [-0.25, -0.2) is 4.39 Å². The lowest BCUT2D eigenvalue weighted by Crippen LogP contribution is -2.24. The molecule has 0 aromatic heterocycles. The molecule has 0 saturated carbocycles. The maximum Gasteiger partial charge on any atom is 0.141 e. The van der Waals surface area contributed by atoms with Gasteiger partial charge in [0.25, 0.3) is 0 Å². The minimum absolute atomic E-state index is 0.149. The number of halogens is 2. The molecule has 2 aromatic rings. The summed E-state index contributed by atoms with van der Waals surface area (Å²) in [5, 5.41) is 3.68. The van der Waals surface area contributed by atoms with Crippen molar-refractivity contribution in [1.29, 1.82) is 0 Å². The van der Waals surface area contributed by atoms with E-state index in [2.05, 4.69) is 24.4 Å². The summed E-state index contributed by atoms with van der Waals surface area (Å²) in [6, 6.07) is 15.4. The van der Waals surface area contributed by atoms with Gasteiger partial charge >= 0.3 is 0 Å². The highest BCUT2D eigenvalue weighted by Crippen LogP contribution is 2.23. The van der Waals surface area contributed by atoms with Crippen LogP contribution in [0.4, 0.5) is 4.39 Å². The lowest BCUT2D eigenvalue weighted by molar-refractivity contribution is 0.527. The van der Waals surface area contributed by atoms with Crippen LogP contribution in [-0.4, -0.2) is 6.54 Å². The summed E-state index contributed by atoms with van der Waals surface area (Å²) >= 11 is 5.89. The quantitative estimate of drug-likeness (QED) is 0.809. The van der Waals surface area contributed by atoms with Gasteiger partial charge in [-0.15, -0.1) is 0 Å². The molecule has 1 unspecified atom stereocenters. The Kier molecular flexibility index (Phi) is 5.57. The number of rotatable bonds is 6. The molecule has 2 rings (SSSR count). The molecule has 0 radical (unpaired) electrons. The maximum absolute atomic E-state index is 13.3. The van der Waals surface area contributed by atoms with Crippen LogP contribution >= 0.6 is 11.6 Å². The Morgan fingerprint density at radius 1 is 1.15 bits per heavy atom.